The molecule has 0 bridgehead atoms. The molecule has 0 saturated carbocycles. The van der Waals surface area contributed by atoms with E-state index < -0.39 is 0 Å². The minimum atomic E-state index is -0.0853. The maximum atomic E-state index is 11.8. The van der Waals surface area contributed by atoms with Crippen molar-refractivity contribution in [3.8, 4) is 0 Å². The highest BCUT2D eigenvalue weighted by molar-refractivity contribution is 5.92. The summed E-state index contributed by atoms with van der Waals surface area (Å²) in [6, 6.07) is 7.70. The molecule has 2 aromatic rings. The van der Waals surface area contributed by atoms with Crippen molar-refractivity contribution in [2.45, 2.75) is 26.8 Å². The van der Waals surface area contributed by atoms with Crippen LogP contribution in [-0.4, -0.2) is 17.4 Å². The number of hydrogen-bond acceptors (Lipinski definition) is 4. The Balaban J connectivity index is 1.75. The minimum Gasteiger partial charge on any atom is -0.444 e. The van der Waals surface area contributed by atoms with Crippen LogP contribution in [0.15, 0.2) is 34.9 Å². The normalized spacial score (nSPS) is 10.5. The van der Waals surface area contributed by atoms with Crippen LogP contribution in [-0.2, 0) is 17.8 Å². The van der Waals surface area contributed by atoms with Gasteiger partial charge < -0.3 is 9.73 Å². The summed E-state index contributed by atoms with van der Waals surface area (Å²) in [5.41, 5.74) is 1.92. The van der Waals surface area contributed by atoms with Gasteiger partial charge in [0.1, 0.15) is 5.76 Å². The van der Waals surface area contributed by atoms with E-state index in [4.69, 9.17) is 4.42 Å². The predicted octanol–water partition coefficient (Wildman–Crippen LogP) is 2.27. The summed E-state index contributed by atoms with van der Waals surface area (Å²) in [5.74, 6) is 1.37. The lowest BCUT2D eigenvalue weighted by Gasteiger charge is -2.06. The van der Waals surface area contributed by atoms with Gasteiger partial charge in [0.2, 0.25) is 11.8 Å². The molecule has 0 aliphatic heterocycles. The second-order valence-electron chi connectivity index (χ2n) is 4.60. The lowest BCUT2D eigenvalue weighted by molar-refractivity contribution is -0.115. The molecule has 5 heteroatoms. The van der Waals surface area contributed by atoms with E-state index >= 15 is 0 Å². The van der Waals surface area contributed by atoms with Crippen LogP contribution < -0.4 is 10.6 Å². The molecule has 1 aromatic heterocycles. The fraction of sp³-hybridized carbons (Fsp3) is 0.333. The van der Waals surface area contributed by atoms with Crippen molar-refractivity contribution >= 4 is 11.6 Å². The van der Waals surface area contributed by atoms with Gasteiger partial charge in [-0.1, -0.05) is 19.1 Å². The van der Waals surface area contributed by atoms with Crippen molar-refractivity contribution in [3.05, 3.63) is 47.7 Å². The second kappa shape index (κ2) is 6.86. The Morgan fingerprint density at radius 2 is 2.25 bits per heavy atom. The Labute approximate surface area is 118 Å². The van der Waals surface area contributed by atoms with Gasteiger partial charge in [0, 0.05) is 12.1 Å². The number of anilines is 1. The van der Waals surface area contributed by atoms with Crippen molar-refractivity contribution < 1.29 is 9.21 Å². The number of amides is 1. The quantitative estimate of drug-likeness (QED) is 0.847. The molecule has 20 heavy (non-hydrogen) atoms. The van der Waals surface area contributed by atoms with Gasteiger partial charge in [0.25, 0.3) is 0 Å². The van der Waals surface area contributed by atoms with Crippen molar-refractivity contribution in [2.75, 3.05) is 11.9 Å². The van der Waals surface area contributed by atoms with Crippen LogP contribution in [0.2, 0.25) is 0 Å². The third-order valence-electron chi connectivity index (χ3n) is 2.81. The summed E-state index contributed by atoms with van der Waals surface area (Å²) in [6.07, 6.45) is 2.53. The summed E-state index contributed by atoms with van der Waals surface area (Å²) in [4.78, 5) is 15.9. The zero-order chi connectivity index (χ0) is 14.4. The highest BCUT2D eigenvalue weighted by Crippen LogP contribution is 2.09. The first-order chi connectivity index (χ1) is 9.67. The summed E-state index contributed by atoms with van der Waals surface area (Å²) in [6.45, 7) is 4.66. The molecule has 0 radical (unpaired) electrons. The topological polar surface area (TPSA) is 67.2 Å². The Bertz CT molecular complexity index is 578. The smallest absolute Gasteiger partial charge is 0.238 e. The van der Waals surface area contributed by atoms with Crippen LogP contribution in [0.25, 0.3) is 0 Å². The van der Waals surface area contributed by atoms with Crippen LogP contribution in [0.4, 0.5) is 5.69 Å². The summed E-state index contributed by atoms with van der Waals surface area (Å²) in [7, 11) is 0. The molecule has 2 N–H and O–H groups in total. The van der Waals surface area contributed by atoms with E-state index in [1.807, 2.05) is 38.1 Å². The molecular formula is C15H19N3O2. The maximum Gasteiger partial charge on any atom is 0.238 e. The Morgan fingerprint density at radius 3 is 2.95 bits per heavy atom. The zero-order valence-corrected chi connectivity index (χ0v) is 11.8. The molecule has 106 valence electrons. The Morgan fingerprint density at radius 1 is 1.40 bits per heavy atom. The van der Waals surface area contributed by atoms with Gasteiger partial charge in [-0.25, -0.2) is 4.98 Å². The number of carbonyl (C=O) groups excluding carboxylic acids is 1. The average molecular weight is 273 g/mol. The molecule has 1 aromatic carbocycles. The summed E-state index contributed by atoms with van der Waals surface area (Å²) < 4.78 is 5.44. The molecule has 0 atom stereocenters. The van der Waals surface area contributed by atoms with Gasteiger partial charge in [0.05, 0.1) is 19.3 Å². The minimum absolute atomic E-state index is 0.0853. The Kier molecular flexibility index (Phi) is 4.90. The van der Waals surface area contributed by atoms with Gasteiger partial charge in [0.15, 0.2) is 0 Å². The number of nitrogens with zero attached hydrogens (tertiary/aromatic N) is 1. The monoisotopic (exact) mass is 273 g/mol. The molecule has 0 aliphatic rings. The number of oxazole rings is 1. The Hall–Kier alpha value is -2.14. The van der Waals surface area contributed by atoms with Gasteiger partial charge in [-0.3, -0.25) is 10.1 Å². The standard InChI is InChI=1S/C15H19N3O2/c1-3-13-8-17-15(20-13)10-16-9-14(19)18-12-6-4-5-11(2)7-12/h4-8,16H,3,9-10H2,1-2H3,(H,18,19). The van der Waals surface area contributed by atoms with E-state index in [-0.39, 0.29) is 12.5 Å². The van der Waals surface area contributed by atoms with Gasteiger partial charge >= 0.3 is 0 Å². The number of benzene rings is 1. The van der Waals surface area contributed by atoms with Crippen LogP contribution in [0.5, 0.6) is 0 Å². The molecule has 1 amide bonds. The van der Waals surface area contributed by atoms with Crippen LogP contribution in [0.1, 0.15) is 24.1 Å². The number of rotatable bonds is 6. The molecule has 5 nitrogen and oxygen atoms in total. The SMILES string of the molecule is CCc1cnc(CNCC(=O)Nc2cccc(C)c2)o1. The van der Waals surface area contributed by atoms with Gasteiger partial charge in [-0.2, -0.15) is 0 Å². The predicted molar refractivity (Wildman–Crippen MR) is 77.4 cm³/mol. The number of hydrogen-bond donors (Lipinski definition) is 2. The third-order valence-corrected chi connectivity index (χ3v) is 2.81. The highest BCUT2D eigenvalue weighted by Gasteiger charge is 2.05. The fourth-order valence-electron chi connectivity index (χ4n) is 1.80. The van der Waals surface area contributed by atoms with Gasteiger partial charge in [-0.15, -0.1) is 0 Å². The number of nitrogens with one attached hydrogen (secondary N) is 2. The lowest BCUT2D eigenvalue weighted by atomic mass is 10.2. The van der Waals surface area contributed by atoms with E-state index in [0.717, 1.165) is 23.4 Å². The van der Waals surface area contributed by atoms with Gasteiger partial charge in [-0.05, 0) is 24.6 Å². The highest BCUT2D eigenvalue weighted by atomic mass is 16.4. The van der Waals surface area contributed by atoms with E-state index in [0.29, 0.717) is 12.4 Å². The van der Waals surface area contributed by atoms with Crippen LogP contribution in [0, 0.1) is 6.92 Å². The molecule has 0 saturated heterocycles. The van der Waals surface area contributed by atoms with E-state index in [1.54, 1.807) is 6.20 Å². The van der Waals surface area contributed by atoms with E-state index in [1.165, 1.54) is 0 Å². The number of aryl methyl sites for hydroxylation is 2. The first kappa shape index (κ1) is 14.3. The lowest BCUT2D eigenvalue weighted by Crippen LogP contribution is -2.27. The average Bonchev–Trinajstić information content (AvgIpc) is 2.86. The summed E-state index contributed by atoms with van der Waals surface area (Å²) >= 11 is 0. The molecule has 0 spiro atoms. The second-order valence-corrected chi connectivity index (χ2v) is 4.60. The van der Waals surface area contributed by atoms with Crippen molar-refractivity contribution in [3.63, 3.8) is 0 Å². The molecule has 0 unspecified atom stereocenters. The number of aromatic nitrogens is 1. The molecule has 1 heterocycles. The summed E-state index contributed by atoms with van der Waals surface area (Å²) in [5, 5.41) is 5.84. The van der Waals surface area contributed by atoms with Crippen LogP contribution >= 0.6 is 0 Å². The first-order valence-electron chi connectivity index (χ1n) is 6.68. The largest absolute Gasteiger partial charge is 0.444 e. The molecule has 0 aliphatic carbocycles. The molecule has 0 fully saturated rings. The third kappa shape index (κ3) is 4.20. The molecule has 2 rings (SSSR count). The van der Waals surface area contributed by atoms with Crippen molar-refractivity contribution in [1.29, 1.82) is 0 Å². The maximum absolute atomic E-state index is 11.8. The van der Waals surface area contributed by atoms with E-state index in [2.05, 4.69) is 15.6 Å². The molecular weight excluding hydrogens is 254 g/mol. The fourth-order valence-corrected chi connectivity index (χ4v) is 1.80. The van der Waals surface area contributed by atoms with Crippen LogP contribution in [0.3, 0.4) is 0 Å². The van der Waals surface area contributed by atoms with Crippen molar-refractivity contribution in [2.24, 2.45) is 0 Å². The zero-order valence-electron chi connectivity index (χ0n) is 11.8. The van der Waals surface area contributed by atoms with E-state index in [9.17, 15) is 4.79 Å². The first-order valence-corrected chi connectivity index (χ1v) is 6.68. The van der Waals surface area contributed by atoms with Crippen molar-refractivity contribution in [1.82, 2.24) is 10.3 Å². The number of carbonyl (C=O) groups is 1.